The summed E-state index contributed by atoms with van der Waals surface area (Å²) in [4.78, 5) is 11.4. The third kappa shape index (κ3) is 4.65. The Morgan fingerprint density at radius 3 is 2.21 bits per heavy atom. The minimum atomic E-state index is -3.72. The first-order chi connectivity index (χ1) is 8.72. The van der Waals surface area contributed by atoms with Gasteiger partial charge in [0, 0.05) is 0 Å². The molecule has 1 amide bonds. The van der Waals surface area contributed by atoms with Crippen molar-refractivity contribution >= 4 is 15.9 Å². The SMILES string of the molecule is Cc1ccc(S(=O)(=O)N[C@H](CC(C)C)C(N)=O)cc1. The Labute approximate surface area is 114 Å². The molecular formula is C13H20N2O3S. The van der Waals surface area contributed by atoms with Crippen LogP contribution in [0.1, 0.15) is 25.8 Å². The summed E-state index contributed by atoms with van der Waals surface area (Å²) < 4.78 is 26.6. The molecular weight excluding hydrogens is 264 g/mol. The largest absolute Gasteiger partial charge is 0.368 e. The number of hydrogen-bond donors (Lipinski definition) is 2. The van der Waals surface area contributed by atoms with E-state index in [1.165, 1.54) is 12.1 Å². The summed E-state index contributed by atoms with van der Waals surface area (Å²) >= 11 is 0. The molecule has 0 saturated heterocycles. The summed E-state index contributed by atoms with van der Waals surface area (Å²) in [5, 5.41) is 0. The molecule has 106 valence electrons. The number of carbonyl (C=O) groups is 1. The molecule has 6 heteroatoms. The Morgan fingerprint density at radius 1 is 1.26 bits per heavy atom. The number of aryl methyl sites for hydroxylation is 1. The Kier molecular flexibility index (Phi) is 5.08. The maximum absolute atomic E-state index is 12.1. The van der Waals surface area contributed by atoms with Crippen LogP contribution in [0.2, 0.25) is 0 Å². The molecule has 1 rings (SSSR count). The van der Waals surface area contributed by atoms with Crippen molar-refractivity contribution in [1.82, 2.24) is 4.72 Å². The highest BCUT2D eigenvalue weighted by Crippen LogP contribution is 2.13. The molecule has 1 atom stereocenters. The highest BCUT2D eigenvalue weighted by Gasteiger charge is 2.24. The highest BCUT2D eigenvalue weighted by molar-refractivity contribution is 7.89. The Hall–Kier alpha value is -1.40. The van der Waals surface area contributed by atoms with Gasteiger partial charge in [-0.3, -0.25) is 4.79 Å². The molecule has 0 bridgehead atoms. The Bertz CT molecular complexity index is 536. The molecule has 3 N–H and O–H groups in total. The first-order valence-corrected chi connectivity index (χ1v) is 7.59. The van der Waals surface area contributed by atoms with Crippen molar-refractivity contribution in [2.24, 2.45) is 11.7 Å². The van der Waals surface area contributed by atoms with Gasteiger partial charge in [0.15, 0.2) is 0 Å². The number of nitrogens with two attached hydrogens (primary N) is 1. The van der Waals surface area contributed by atoms with Crippen molar-refractivity contribution in [3.8, 4) is 0 Å². The average molecular weight is 284 g/mol. The second-order valence-electron chi connectivity index (χ2n) is 5.02. The molecule has 0 unspecified atom stereocenters. The van der Waals surface area contributed by atoms with Gasteiger partial charge in [0.1, 0.15) is 6.04 Å². The second kappa shape index (κ2) is 6.16. The fourth-order valence-corrected chi connectivity index (χ4v) is 2.88. The van der Waals surface area contributed by atoms with Gasteiger partial charge in [0.2, 0.25) is 15.9 Å². The molecule has 0 spiro atoms. The first kappa shape index (κ1) is 15.7. The fraction of sp³-hybridized carbons (Fsp3) is 0.462. The number of rotatable bonds is 6. The molecule has 0 fully saturated rings. The van der Waals surface area contributed by atoms with Crippen molar-refractivity contribution in [3.63, 3.8) is 0 Å². The lowest BCUT2D eigenvalue weighted by Gasteiger charge is -2.17. The van der Waals surface area contributed by atoms with Crippen molar-refractivity contribution in [1.29, 1.82) is 0 Å². The van der Waals surface area contributed by atoms with Crippen LogP contribution in [0.4, 0.5) is 0 Å². The lowest BCUT2D eigenvalue weighted by molar-refractivity contribution is -0.119. The monoisotopic (exact) mass is 284 g/mol. The maximum Gasteiger partial charge on any atom is 0.241 e. The number of sulfonamides is 1. The Morgan fingerprint density at radius 2 is 1.79 bits per heavy atom. The molecule has 0 aliphatic heterocycles. The van der Waals surface area contributed by atoms with Crippen LogP contribution < -0.4 is 10.5 Å². The van der Waals surface area contributed by atoms with E-state index in [9.17, 15) is 13.2 Å². The van der Waals surface area contributed by atoms with Gasteiger partial charge >= 0.3 is 0 Å². The normalized spacial score (nSPS) is 13.5. The lowest BCUT2D eigenvalue weighted by Crippen LogP contribution is -2.45. The van der Waals surface area contributed by atoms with Crippen molar-refractivity contribution < 1.29 is 13.2 Å². The van der Waals surface area contributed by atoms with E-state index >= 15 is 0 Å². The fourth-order valence-electron chi connectivity index (χ4n) is 1.67. The number of nitrogens with one attached hydrogen (secondary N) is 1. The molecule has 0 aliphatic carbocycles. The molecule has 19 heavy (non-hydrogen) atoms. The zero-order chi connectivity index (χ0) is 14.6. The molecule has 5 nitrogen and oxygen atoms in total. The number of amides is 1. The average Bonchev–Trinajstić information content (AvgIpc) is 2.27. The quantitative estimate of drug-likeness (QED) is 0.821. The van der Waals surface area contributed by atoms with E-state index in [-0.39, 0.29) is 10.8 Å². The van der Waals surface area contributed by atoms with Crippen LogP contribution in [-0.2, 0) is 14.8 Å². The van der Waals surface area contributed by atoms with E-state index in [0.29, 0.717) is 6.42 Å². The van der Waals surface area contributed by atoms with Crippen LogP contribution in [0.15, 0.2) is 29.2 Å². The number of benzene rings is 1. The maximum atomic E-state index is 12.1. The summed E-state index contributed by atoms with van der Waals surface area (Å²) in [7, 11) is -3.72. The van der Waals surface area contributed by atoms with Gasteiger partial charge in [0.25, 0.3) is 0 Å². The van der Waals surface area contributed by atoms with Gasteiger partial charge in [-0.05, 0) is 31.4 Å². The predicted octanol–water partition coefficient (Wildman–Crippen LogP) is 1.17. The van der Waals surface area contributed by atoms with Crippen LogP contribution in [0.25, 0.3) is 0 Å². The molecule has 0 aliphatic rings. The van der Waals surface area contributed by atoms with E-state index in [2.05, 4.69) is 4.72 Å². The van der Waals surface area contributed by atoms with Crippen molar-refractivity contribution in [3.05, 3.63) is 29.8 Å². The van der Waals surface area contributed by atoms with Gasteiger partial charge in [-0.25, -0.2) is 8.42 Å². The standard InChI is InChI=1S/C13H20N2O3S/c1-9(2)8-12(13(14)16)15-19(17,18)11-6-4-10(3)5-7-11/h4-7,9,12,15H,8H2,1-3H3,(H2,14,16)/t12-/m1/s1. The zero-order valence-electron chi connectivity index (χ0n) is 11.4. The van der Waals surface area contributed by atoms with Gasteiger partial charge in [-0.1, -0.05) is 31.5 Å². The third-order valence-corrected chi connectivity index (χ3v) is 4.17. The molecule has 1 aromatic carbocycles. The predicted molar refractivity (Wildman–Crippen MR) is 73.9 cm³/mol. The highest BCUT2D eigenvalue weighted by atomic mass is 32.2. The minimum Gasteiger partial charge on any atom is -0.368 e. The summed E-state index contributed by atoms with van der Waals surface area (Å²) in [5.74, 6) is -0.498. The topological polar surface area (TPSA) is 89.3 Å². The molecule has 1 aromatic rings. The third-order valence-electron chi connectivity index (χ3n) is 2.68. The zero-order valence-corrected chi connectivity index (χ0v) is 12.2. The lowest BCUT2D eigenvalue weighted by atomic mass is 10.0. The van der Waals surface area contributed by atoms with E-state index in [0.717, 1.165) is 5.56 Å². The van der Waals surface area contributed by atoms with Crippen molar-refractivity contribution in [2.45, 2.75) is 38.1 Å². The van der Waals surface area contributed by atoms with Crippen LogP contribution in [0.3, 0.4) is 0 Å². The number of primary amides is 1. The number of hydrogen-bond acceptors (Lipinski definition) is 3. The number of carbonyl (C=O) groups excluding carboxylic acids is 1. The van der Waals surface area contributed by atoms with Crippen molar-refractivity contribution in [2.75, 3.05) is 0 Å². The van der Waals surface area contributed by atoms with Gasteiger partial charge in [0.05, 0.1) is 4.90 Å². The smallest absolute Gasteiger partial charge is 0.241 e. The summed E-state index contributed by atoms with van der Waals surface area (Å²) in [6.45, 7) is 5.67. The van der Waals surface area contributed by atoms with Gasteiger partial charge in [-0.15, -0.1) is 0 Å². The van der Waals surface area contributed by atoms with Gasteiger partial charge in [-0.2, -0.15) is 4.72 Å². The first-order valence-electron chi connectivity index (χ1n) is 6.10. The summed E-state index contributed by atoms with van der Waals surface area (Å²) in [6.07, 6.45) is 0.375. The van der Waals surface area contributed by atoms with Crippen LogP contribution in [-0.4, -0.2) is 20.4 Å². The molecule has 0 aromatic heterocycles. The molecule has 0 radical (unpaired) electrons. The second-order valence-corrected chi connectivity index (χ2v) is 6.73. The summed E-state index contributed by atoms with van der Waals surface area (Å²) in [5.41, 5.74) is 6.19. The van der Waals surface area contributed by atoms with Crippen LogP contribution in [0, 0.1) is 12.8 Å². The molecule has 0 saturated carbocycles. The van der Waals surface area contributed by atoms with E-state index in [1.54, 1.807) is 12.1 Å². The minimum absolute atomic E-state index is 0.133. The molecule has 0 heterocycles. The summed E-state index contributed by atoms with van der Waals surface area (Å²) in [6, 6.07) is 5.54. The van der Waals surface area contributed by atoms with Crippen LogP contribution >= 0.6 is 0 Å². The Balaban J connectivity index is 2.94. The van der Waals surface area contributed by atoms with Gasteiger partial charge < -0.3 is 5.73 Å². The van der Waals surface area contributed by atoms with Crippen LogP contribution in [0.5, 0.6) is 0 Å². The van der Waals surface area contributed by atoms with E-state index in [1.807, 2.05) is 20.8 Å². The van der Waals surface area contributed by atoms with E-state index < -0.39 is 22.0 Å². The van der Waals surface area contributed by atoms with E-state index in [4.69, 9.17) is 5.73 Å².